The van der Waals surface area contributed by atoms with Gasteiger partial charge in [0.1, 0.15) is 5.82 Å². The third-order valence-electron chi connectivity index (χ3n) is 5.29. The number of aromatic nitrogens is 2. The number of carbonyl (C=O) groups is 2. The van der Waals surface area contributed by atoms with Crippen LogP contribution in [0.1, 0.15) is 38.4 Å². The average molecular weight is 433 g/mol. The van der Waals surface area contributed by atoms with Crippen LogP contribution in [0.4, 0.5) is 5.82 Å². The van der Waals surface area contributed by atoms with Crippen molar-refractivity contribution in [3.63, 3.8) is 0 Å². The summed E-state index contributed by atoms with van der Waals surface area (Å²) in [5, 5.41) is 7.80. The van der Waals surface area contributed by atoms with Crippen molar-refractivity contribution in [1.29, 1.82) is 0 Å². The minimum absolute atomic E-state index is 0.0111. The van der Waals surface area contributed by atoms with Crippen molar-refractivity contribution < 1.29 is 9.59 Å². The molecule has 0 aliphatic heterocycles. The second-order valence-electron chi connectivity index (χ2n) is 8.39. The molecule has 1 N–H and O–H groups in total. The van der Waals surface area contributed by atoms with Crippen molar-refractivity contribution in [2.24, 2.45) is 5.92 Å². The summed E-state index contributed by atoms with van der Waals surface area (Å²) >= 11 is 0. The van der Waals surface area contributed by atoms with Gasteiger partial charge in [0, 0.05) is 18.0 Å². The number of rotatable bonds is 8. The van der Waals surface area contributed by atoms with E-state index in [1.807, 2.05) is 89.2 Å². The summed E-state index contributed by atoms with van der Waals surface area (Å²) in [5.74, 6) is 0.192. The molecule has 6 nitrogen and oxygen atoms in total. The van der Waals surface area contributed by atoms with Crippen molar-refractivity contribution in [2.45, 2.75) is 41.0 Å². The Morgan fingerprint density at radius 1 is 1.03 bits per heavy atom. The quantitative estimate of drug-likeness (QED) is 0.545. The Morgan fingerprint density at radius 2 is 1.69 bits per heavy atom. The Balaban J connectivity index is 2.00. The zero-order valence-electron chi connectivity index (χ0n) is 19.6. The fourth-order valence-electron chi connectivity index (χ4n) is 3.71. The van der Waals surface area contributed by atoms with Crippen LogP contribution in [0.2, 0.25) is 0 Å². The molecule has 0 bridgehead atoms. The minimum atomic E-state index is -0.238. The molecule has 0 saturated carbocycles. The van der Waals surface area contributed by atoms with Gasteiger partial charge in [-0.05, 0) is 38.0 Å². The van der Waals surface area contributed by atoms with Crippen LogP contribution in [0.3, 0.4) is 0 Å². The third kappa shape index (κ3) is 5.25. The van der Waals surface area contributed by atoms with Gasteiger partial charge in [-0.15, -0.1) is 0 Å². The van der Waals surface area contributed by atoms with Gasteiger partial charge in [-0.25, -0.2) is 4.68 Å². The predicted octanol–water partition coefficient (Wildman–Crippen LogP) is 4.99. The fourth-order valence-corrected chi connectivity index (χ4v) is 3.71. The van der Waals surface area contributed by atoms with E-state index in [1.165, 1.54) is 0 Å². The fraction of sp³-hybridized carbons (Fsp3) is 0.346. The Bertz CT molecular complexity index is 1070. The largest absolute Gasteiger partial charge is 0.333 e. The number of carbonyl (C=O) groups excluding carboxylic acids is 2. The number of amides is 2. The van der Waals surface area contributed by atoms with Crippen molar-refractivity contribution >= 4 is 17.6 Å². The van der Waals surface area contributed by atoms with Crippen LogP contribution in [0.5, 0.6) is 0 Å². The molecule has 0 aliphatic carbocycles. The summed E-state index contributed by atoms with van der Waals surface area (Å²) in [4.78, 5) is 27.3. The lowest BCUT2D eigenvalue weighted by molar-refractivity contribution is -0.137. The average Bonchev–Trinajstić information content (AvgIpc) is 3.09. The molecule has 0 aliphatic rings. The smallest absolute Gasteiger partial charge is 0.245 e. The summed E-state index contributed by atoms with van der Waals surface area (Å²) in [6, 6.07) is 17.9. The molecule has 3 rings (SSSR count). The standard InChI is InChI=1S/C26H32N4O2/c1-6-16-29(26(32)18(2)3)17-23(31)27-25-24(21-10-8-7-9-11-21)20(5)28-30(25)22-14-12-19(4)13-15-22/h7-15,18H,6,16-17H2,1-5H3,(H,27,31). The van der Waals surface area contributed by atoms with E-state index >= 15 is 0 Å². The van der Waals surface area contributed by atoms with Crippen molar-refractivity contribution in [3.05, 3.63) is 65.9 Å². The molecule has 0 spiro atoms. The number of anilines is 1. The van der Waals surface area contributed by atoms with E-state index in [0.29, 0.717) is 12.4 Å². The summed E-state index contributed by atoms with van der Waals surface area (Å²) in [5.41, 5.74) is 4.67. The van der Waals surface area contributed by atoms with Gasteiger partial charge in [0.2, 0.25) is 11.8 Å². The maximum absolute atomic E-state index is 13.1. The Hall–Kier alpha value is -3.41. The summed E-state index contributed by atoms with van der Waals surface area (Å²) in [7, 11) is 0. The first-order valence-electron chi connectivity index (χ1n) is 11.1. The maximum Gasteiger partial charge on any atom is 0.245 e. The molecule has 1 heterocycles. The van der Waals surface area contributed by atoms with Crippen LogP contribution < -0.4 is 5.32 Å². The summed E-state index contributed by atoms with van der Waals surface area (Å²) in [6.45, 7) is 10.2. The van der Waals surface area contributed by atoms with E-state index in [4.69, 9.17) is 5.10 Å². The topological polar surface area (TPSA) is 67.2 Å². The number of hydrogen-bond donors (Lipinski definition) is 1. The lowest BCUT2D eigenvalue weighted by atomic mass is 10.1. The number of hydrogen-bond acceptors (Lipinski definition) is 3. The molecule has 3 aromatic rings. The number of benzene rings is 2. The van der Waals surface area contributed by atoms with Crippen LogP contribution in [0, 0.1) is 19.8 Å². The number of aryl methyl sites for hydroxylation is 2. The molecule has 0 unspecified atom stereocenters. The van der Waals surface area contributed by atoms with Crippen molar-refractivity contribution in [1.82, 2.24) is 14.7 Å². The highest BCUT2D eigenvalue weighted by Crippen LogP contribution is 2.33. The third-order valence-corrected chi connectivity index (χ3v) is 5.29. The van der Waals surface area contributed by atoms with Gasteiger partial charge >= 0.3 is 0 Å². The first-order chi connectivity index (χ1) is 15.3. The SMILES string of the molecule is CCCN(CC(=O)Nc1c(-c2ccccc2)c(C)nn1-c1ccc(C)cc1)C(=O)C(C)C. The van der Waals surface area contributed by atoms with Crippen LogP contribution in [-0.4, -0.2) is 39.6 Å². The Labute approximate surface area is 190 Å². The second kappa shape index (κ2) is 10.3. The molecule has 2 amide bonds. The molecule has 2 aromatic carbocycles. The summed E-state index contributed by atoms with van der Waals surface area (Å²) in [6.07, 6.45) is 0.793. The highest BCUT2D eigenvalue weighted by molar-refractivity contribution is 5.98. The van der Waals surface area contributed by atoms with E-state index in [2.05, 4.69) is 5.32 Å². The molecule has 0 saturated heterocycles. The second-order valence-corrected chi connectivity index (χ2v) is 8.39. The predicted molar refractivity (Wildman–Crippen MR) is 129 cm³/mol. The zero-order chi connectivity index (χ0) is 23.3. The number of nitrogens with one attached hydrogen (secondary N) is 1. The molecule has 6 heteroatoms. The van der Waals surface area contributed by atoms with E-state index in [9.17, 15) is 9.59 Å². The Kier molecular flexibility index (Phi) is 7.46. The number of nitrogens with zero attached hydrogens (tertiary/aromatic N) is 3. The van der Waals surface area contributed by atoms with E-state index in [0.717, 1.165) is 34.5 Å². The van der Waals surface area contributed by atoms with Crippen molar-refractivity contribution in [3.8, 4) is 16.8 Å². The van der Waals surface area contributed by atoms with Crippen molar-refractivity contribution in [2.75, 3.05) is 18.4 Å². The van der Waals surface area contributed by atoms with Crippen LogP contribution >= 0.6 is 0 Å². The van der Waals surface area contributed by atoms with Gasteiger partial charge < -0.3 is 10.2 Å². The molecule has 32 heavy (non-hydrogen) atoms. The highest BCUT2D eigenvalue weighted by atomic mass is 16.2. The van der Waals surface area contributed by atoms with Gasteiger partial charge in [0.15, 0.2) is 0 Å². The molecule has 168 valence electrons. The zero-order valence-corrected chi connectivity index (χ0v) is 19.6. The lowest BCUT2D eigenvalue weighted by Crippen LogP contribution is -2.40. The molecule has 0 fully saturated rings. The van der Waals surface area contributed by atoms with Crippen LogP contribution in [0.15, 0.2) is 54.6 Å². The van der Waals surface area contributed by atoms with Gasteiger partial charge in [0.05, 0.1) is 17.9 Å². The minimum Gasteiger partial charge on any atom is -0.333 e. The molecule has 0 radical (unpaired) electrons. The Morgan fingerprint density at radius 3 is 2.28 bits per heavy atom. The van der Waals surface area contributed by atoms with E-state index in [-0.39, 0.29) is 24.3 Å². The lowest BCUT2D eigenvalue weighted by Gasteiger charge is -2.23. The normalized spacial score (nSPS) is 10.9. The molecule has 1 aromatic heterocycles. The van der Waals surface area contributed by atoms with Gasteiger partial charge in [0.25, 0.3) is 0 Å². The monoisotopic (exact) mass is 432 g/mol. The molecular weight excluding hydrogens is 400 g/mol. The first-order valence-corrected chi connectivity index (χ1v) is 11.1. The maximum atomic E-state index is 13.1. The molecule has 0 atom stereocenters. The van der Waals surface area contributed by atoms with Crippen LogP contribution in [0.25, 0.3) is 16.8 Å². The van der Waals surface area contributed by atoms with Gasteiger partial charge in [-0.3, -0.25) is 9.59 Å². The molecular formula is C26H32N4O2. The van der Waals surface area contributed by atoms with Gasteiger partial charge in [-0.1, -0.05) is 68.8 Å². The highest BCUT2D eigenvalue weighted by Gasteiger charge is 2.23. The van der Waals surface area contributed by atoms with Crippen LogP contribution in [-0.2, 0) is 9.59 Å². The van der Waals surface area contributed by atoms with Gasteiger partial charge in [-0.2, -0.15) is 5.10 Å². The van der Waals surface area contributed by atoms with E-state index in [1.54, 1.807) is 9.58 Å². The summed E-state index contributed by atoms with van der Waals surface area (Å²) < 4.78 is 1.77. The first kappa shape index (κ1) is 23.3. The van der Waals surface area contributed by atoms with E-state index < -0.39 is 0 Å².